The molecular weight excluding hydrogens is 297 g/mol. The predicted octanol–water partition coefficient (Wildman–Crippen LogP) is 3.53. The molecule has 102 valence electrons. The molecule has 2 aromatic rings. The number of aromatic nitrogens is 2. The Morgan fingerprint density at radius 2 is 2.15 bits per heavy atom. The standard InChI is InChI=1S/C14H11Cl2N3O/c15-9-3-1-2-8(6-9)10-7-11(10)13(20)19-14-17-5-4-12(16)18-14/h1-6,10-11H,7H2,(H,17,18,19,20). The fourth-order valence-corrected chi connectivity index (χ4v) is 2.53. The van der Waals surface area contributed by atoms with Gasteiger partial charge in [0.2, 0.25) is 11.9 Å². The van der Waals surface area contributed by atoms with E-state index >= 15 is 0 Å². The molecule has 0 aliphatic heterocycles. The van der Waals surface area contributed by atoms with Crippen LogP contribution in [0.1, 0.15) is 17.9 Å². The third kappa shape index (κ3) is 2.92. The van der Waals surface area contributed by atoms with Crippen LogP contribution < -0.4 is 5.32 Å². The molecule has 0 bridgehead atoms. The van der Waals surface area contributed by atoms with Gasteiger partial charge in [-0.05, 0) is 36.1 Å². The molecule has 6 heteroatoms. The molecule has 1 aliphatic rings. The topological polar surface area (TPSA) is 54.9 Å². The molecule has 1 amide bonds. The van der Waals surface area contributed by atoms with Crippen LogP contribution in [0.3, 0.4) is 0 Å². The first-order valence-electron chi connectivity index (χ1n) is 6.18. The van der Waals surface area contributed by atoms with Gasteiger partial charge in [-0.1, -0.05) is 35.3 Å². The Hall–Kier alpha value is -1.65. The van der Waals surface area contributed by atoms with E-state index in [-0.39, 0.29) is 23.7 Å². The van der Waals surface area contributed by atoms with E-state index in [1.807, 2.05) is 24.3 Å². The molecule has 1 heterocycles. The molecule has 3 rings (SSSR count). The van der Waals surface area contributed by atoms with Crippen molar-refractivity contribution in [3.63, 3.8) is 0 Å². The van der Waals surface area contributed by atoms with Gasteiger partial charge in [0.05, 0.1) is 0 Å². The summed E-state index contributed by atoms with van der Waals surface area (Å²) < 4.78 is 0. The van der Waals surface area contributed by atoms with Crippen LogP contribution in [0.2, 0.25) is 10.2 Å². The van der Waals surface area contributed by atoms with Crippen molar-refractivity contribution >= 4 is 35.1 Å². The second-order valence-electron chi connectivity index (χ2n) is 4.70. The van der Waals surface area contributed by atoms with Gasteiger partial charge in [-0.3, -0.25) is 10.1 Å². The quantitative estimate of drug-likeness (QED) is 0.883. The number of carbonyl (C=O) groups excluding carboxylic acids is 1. The van der Waals surface area contributed by atoms with Crippen LogP contribution in [0, 0.1) is 5.92 Å². The lowest BCUT2D eigenvalue weighted by Crippen LogP contribution is -2.16. The van der Waals surface area contributed by atoms with Gasteiger partial charge in [0, 0.05) is 17.1 Å². The fraction of sp³-hybridized carbons (Fsp3) is 0.214. The lowest BCUT2D eigenvalue weighted by Gasteiger charge is -2.03. The molecule has 1 N–H and O–H groups in total. The summed E-state index contributed by atoms with van der Waals surface area (Å²) in [7, 11) is 0. The number of nitrogens with zero attached hydrogens (tertiary/aromatic N) is 2. The molecule has 20 heavy (non-hydrogen) atoms. The lowest BCUT2D eigenvalue weighted by atomic mass is 10.1. The highest BCUT2D eigenvalue weighted by Crippen LogP contribution is 2.48. The molecule has 1 saturated carbocycles. The maximum atomic E-state index is 12.1. The van der Waals surface area contributed by atoms with Crippen molar-refractivity contribution in [2.24, 2.45) is 5.92 Å². The highest BCUT2D eigenvalue weighted by Gasteiger charge is 2.44. The third-order valence-electron chi connectivity index (χ3n) is 3.26. The van der Waals surface area contributed by atoms with Gasteiger partial charge in [0.1, 0.15) is 5.15 Å². The number of rotatable bonds is 3. The summed E-state index contributed by atoms with van der Waals surface area (Å²) in [5.41, 5.74) is 1.09. The number of benzene rings is 1. The van der Waals surface area contributed by atoms with Crippen molar-refractivity contribution in [3.05, 3.63) is 52.3 Å². The molecule has 0 spiro atoms. The Balaban J connectivity index is 1.66. The first-order chi connectivity index (χ1) is 9.63. The Kier molecular flexibility index (Phi) is 3.59. The summed E-state index contributed by atoms with van der Waals surface area (Å²) in [5.74, 6) is 0.306. The van der Waals surface area contributed by atoms with Crippen LogP contribution in [-0.4, -0.2) is 15.9 Å². The summed E-state index contributed by atoms with van der Waals surface area (Å²) >= 11 is 11.7. The van der Waals surface area contributed by atoms with Crippen LogP contribution in [0.4, 0.5) is 5.95 Å². The van der Waals surface area contributed by atoms with Crippen molar-refractivity contribution in [1.82, 2.24) is 9.97 Å². The summed E-state index contributed by atoms with van der Waals surface area (Å²) in [6.45, 7) is 0. The number of anilines is 1. The monoisotopic (exact) mass is 307 g/mol. The fourth-order valence-electron chi connectivity index (χ4n) is 2.19. The second-order valence-corrected chi connectivity index (χ2v) is 5.52. The molecular formula is C14H11Cl2N3O. The molecule has 0 radical (unpaired) electrons. The van der Waals surface area contributed by atoms with E-state index in [2.05, 4.69) is 15.3 Å². The SMILES string of the molecule is O=C(Nc1nccc(Cl)n1)C1CC1c1cccc(Cl)c1. The highest BCUT2D eigenvalue weighted by atomic mass is 35.5. The van der Waals surface area contributed by atoms with E-state index in [1.54, 1.807) is 6.07 Å². The van der Waals surface area contributed by atoms with Gasteiger partial charge in [-0.2, -0.15) is 0 Å². The lowest BCUT2D eigenvalue weighted by molar-refractivity contribution is -0.117. The van der Waals surface area contributed by atoms with Gasteiger partial charge >= 0.3 is 0 Å². The van der Waals surface area contributed by atoms with E-state index in [0.717, 1.165) is 12.0 Å². The maximum Gasteiger partial charge on any atom is 0.230 e. The van der Waals surface area contributed by atoms with E-state index in [0.29, 0.717) is 10.2 Å². The Bertz CT molecular complexity index is 662. The van der Waals surface area contributed by atoms with Crippen molar-refractivity contribution in [1.29, 1.82) is 0 Å². The minimum atomic E-state index is -0.0859. The highest BCUT2D eigenvalue weighted by molar-refractivity contribution is 6.30. The van der Waals surface area contributed by atoms with Crippen molar-refractivity contribution in [2.45, 2.75) is 12.3 Å². The minimum absolute atomic E-state index is 0.0592. The molecule has 1 fully saturated rings. The van der Waals surface area contributed by atoms with E-state index < -0.39 is 0 Å². The molecule has 2 atom stereocenters. The van der Waals surface area contributed by atoms with Crippen molar-refractivity contribution < 1.29 is 4.79 Å². The number of nitrogens with one attached hydrogen (secondary N) is 1. The average molecular weight is 308 g/mol. The number of carbonyl (C=O) groups is 1. The first kappa shape index (κ1) is 13.3. The minimum Gasteiger partial charge on any atom is -0.294 e. The Morgan fingerprint density at radius 3 is 2.90 bits per heavy atom. The number of halogens is 2. The summed E-state index contributed by atoms with van der Waals surface area (Å²) in [5, 5.41) is 3.67. The number of amides is 1. The van der Waals surface area contributed by atoms with Crippen LogP contribution in [0.5, 0.6) is 0 Å². The molecule has 2 unspecified atom stereocenters. The van der Waals surface area contributed by atoms with E-state index in [4.69, 9.17) is 23.2 Å². The van der Waals surface area contributed by atoms with E-state index in [9.17, 15) is 4.79 Å². The normalized spacial score (nSPS) is 20.5. The van der Waals surface area contributed by atoms with Crippen molar-refractivity contribution in [3.8, 4) is 0 Å². The predicted molar refractivity (Wildman–Crippen MR) is 78.0 cm³/mol. The molecule has 1 aromatic carbocycles. The van der Waals surface area contributed by atoms with Crippen LogP contribution in [0.25, 0.3) is 0 Å². The van der Waals surface area contributed by atoms with Crippen LogP contribution in [-0.2, 0) is 4.79 Å². The van der Waals surface area contributed by atoms with Crippen LogP contribution in [0.15, 0.2) is 36.5 Å². The van der Waals surface area contributed by atoms with E-state index in [1.165, 1.54) is 6.20 Å². The van der Waals surface area contributed by atoms with Gasteiger partial charge in [0.15, 0.2) is 0 Å². The summed E-state index contributed by atoms with van der Waals surface area (Å²) in [4.78, 5) is 20.0. The zero-order valence-electron chi connectivity index (χ0n) is 10.4. The molecule has 0 saturated heterocycles. The van der Waals surface area contributed by atoms with Gasteiger partial charge in [-0.25, -0.2) is 9.97 Å². The van der Waals surface area contributed by atoms with Gasteiger partial charge in [0.25, 0.3) is 0 Å². The Labute approximate surface area is 126 Å². The van der Waals surface area contributed by atoms with Gasteiger partial charge < -0.3 is 0 Å². The van der Waals surface area contributed by atoms with Crippen LogP contribution >= 0.6 is 23.2 Å². The summed E-state index contributed by atoms with van der Waals surface area (Å²) in [6, 6.07) is 9.16. The Morgan fingerprint density at radius 1 is 1.30 bits per heavy atom. The average Bonchev–Trinajstić information content (AvgIpc) is 3.19. The van der Waals surface area contributed by atoms with Gasteiger partial charge in [-0.15, -0.1) is 0 Å². The van der Waals surface area contributed by atoms with Crippen molar-refractivity contribution in [2.75, 3.05) is 5.32 Å². The first-order valence-corrected chi connectivity index (χ1v) is 6.94. The smallest absolute Gasteiger partial charge is 0.230 e. The maximum absolute atomic E-state index is 12.1. The largest absolute Gasteiger partial charge is 0.294 e. The number of hydrogen-bond acceptors (Lipinski definition) is 3. The summed E-state index contributed by atoms with van der Waals surface area (Å²) in [6.07, 6.45) is 2.32. The molecule has 1 aromatic heterocycles. The second kappa shape index (κ2) is 5.38. The number of hydrogen-bond donors (Lipinski definition) is 1. The zero-order valence-corrected chi connectivity index (χ0v) is 11.9. The third-order valence-corrected chi connectivity index (χ3v) is 3.71. The molecule has 4 nitrogen and oxygen atoms in total. The zero-order chi connectivity index (χ0) is 14.1. The molecule has 1 aliphatic carbocycles.